The molecule has 1 aliphatic rings. The highest BCUT2D eigenvalue weighted by Crippen LogP contribution is 2.21. The molecule has 2 atom stereocenters. The number of aliphatic hydroxyl groups excluding tert-OH is 1. The summed E-state index contributed by atoms with van der Waals surface area (Å²) in [5, 5.41) is 15.9. The molecular weight excluding hydrogens is 320 g/mol. The number of amides is 2. The van der Waals surface area contributed by atoms with E-state index in [1.165, 1.54) is 0 Å². The summed E-state index contributed by atoms with van der Waals surface area (Å²) in [6, 6.07) is -0.542. The molecule has 6 nitrogen and oxygen atoms in total. The van der Waals surface area contributed by atoms with Crippen molar-refractivity contribution in [1.29, 1.82) is 0 Å². The molecule has 6 heteroatoms. The van der Waals surface area contributed by atoms with Crippen molar-refractivity contribution >= 4 is 12.0 Å². The van der Waals surface area contributed by atoms with Gasteiger partial charge in [-0.15, -0.1) is 0 Å². The van der Waals surface area contributed by atoms with Crippen LogP contribution in [0.5, 0.6) is 0 Å². The Bertz CT molecular complexity index is 426. The standard InChI is InChI=1S/C19H31N2O4/c1-13(2)10-15(21-18(24)25-19(3,4)5)16(22)11-17(23)20-12-14-8-6-7-9-14/h6-9,13,15-16,22H,10-12H2,1-5H3,(H,20,23)(H,21,24)/t15-,16-/m0/s1. The van der Waals surface area contributed by atoms with Crippen LogP contribution in [0.25, 0.3) is 0 Å². The zero-order chi connectivity index (χ0) is 19.0. The first-order valence-electron chi connectivity index (χ1n) is 8.71. The summed E-state index contributed by atoms with van der Waals surface area (Å²) in [6.07, 6.45) is 6.55. The third-order valence-electron chi connectivity index (χ3n) is 3.51. The molecule has 0 spiro atoms. The van der Waals surface area contributed by atoms with E-state index in [2.05, 4.69) is 10.6 Å². The second-order valence-corrected chi connectivity index (χ2v) is 7.72. The fourth-order valence-corrected chi connectivity index (χ4v) is 2.42. The van der Waals surface area contributed by atoms with E-state index < -0.39 is 23.8 Å². The first-order chi connectivity index (χ1) is 11.6. The van der Waals surface area contributed by atoms with Crippen molar-refractivity contribution in [3.05, 3.63) is 31.6 Å². The molecule has 0 aromatic heterocycles. The molecule has 3 N–H and O–H groups in total. The molecule has 0 aromatic carbocycles. The molecule has 0 saturated heterocycles. The van der Waals surface area contributed by atoms with E-state index in [9.17, 15) is 14.7 Å². The highest BCUT2D eigenvalue weighted by Gasteiger charge is 2.27. The lowest BCUT2D eigenvalue weighted by Crippen LogP contribution is -2.47. The van der Waals surface area contributed by atoms with Crippen molar-refractivity contribution in [2.24, 2.45) is 5.92 Å². The summed E-state index contributed by atoms with van der Waals surface area (Å²) < 4.78 is 5.24. The van der Waals surface area contributed by atoms with Crippen LogP contribution in [0.3, 0.4) is 0 Å². The zero-order valence-corrected chi connectivity index (χ0v) is 15.8. The van der Waals surface area contributed by atoms with Gasteiger partial charge in [-0.25, -0.2) is 4.79 Å². The lowest BCUT2D eigenvalue weighted by Gasteiger charge is -2.27. The summed E-state index contributed by atoms with van der Waals surface area (Å²) in [5.74, 6) is 1.00. The molecule has 1 aliphatic carbocycles. The Hall–Kier alpha value is -1.30. The number of carbonyl (C=O) groups excluding carboxylic acids is 2. The first kappa shape index (κ1) is 21.7. The van der Waals surface area contributed by atoms with Gasteiger partial charge in [-0.05, 0) is 58.8 Å². The first-order valence-corrected chi connectivity index (χ1v) is 8.71. The van der Waals surface area contributed by atoms with Gasteiger partial charge in [-0.2, -0.15) is 0 Å². The van der Waals surface area contributed by atoms with Crippen molar-refractivity contribution in [2.45, 2.75) is 65.2 Å². The summed E-state index contributed by atoms with van der Waals surface area (Å²) >= 11 is 0. The van der Waals surface area contributed by atoms with Crippen molar-refractivity contribution in [2.75, 3.05) is 6.54 Å². The van der Waals surface area contributed by atoms with Crippen LogP contribution in [0, 0.1) is 37.5 Å². The fraction of sp³-hybridized carbons (Fsp3) is 0.632. The van der Waals surface area contributed by atoms with Crippen molar-refractivity contribution in [3.63, 3.8) is 0 Å². The van der Waals surface area contributed by atoms with Gasteiger partial charge in [0.1, 0.15) is 5.60 Å². The SMILES string of the molecule is CC(C)C[C@H](NC(=O)OC(C)(C)C)[C@@H](O)CC(=O)NC[C]1[CH][CH][CH][CH]1. The van der Waals surface area contributed by atoms with E-state index in [1.54, 1.807) is 20.8 Å². The Labute approximate surface area is 152 Å². The van der Waals surface area contributed by atoms with Gasteiger partial charge in [0, 0.05) is 12.5 Å². The van der Waals surface area contributed by atoms with Crippen molar-refractivity contribution in [3.8, 4) is 0 Å². The Morgan fingerprint density at radius 3 is 2.32 bits per heavy atom. The van der Waals surface area contributed by atoms with Crippen LogP contribution in [-0.4, -0.2) is 41.4 Å². The summed E-state index contributed by atoms with van der Waals surface area (Å²) in [7, 11) is 0. The predicted octanol–water partition coefficient (Wildman–Crippen LogP) is 2.20. The molecule has 0 bridgehead atoms. The number of alkyl carbamates (subject to hydrolysis) is 1. The summed E-state index contributed by atoms with van der Waals surface area (Å²) in [4.78, 5) is 24.0. The van der Waals surface area contributed by atoms with Gasteiger partial charge >= 0.3 is 6.09 Å². The van der Waals surface area contributed by atoms with E-state index in [4.69, 9.17) is 4.74 Å². The number of hydrogen-bond acceptors (Lipinski definition) is 4. The second kappa shape index (κ2) is 10.00. The Balaban J connectivity index is 2.49. The van der Waals surface area contributed by atoms with E-state index in [0.29, 0.717) is 13.0 Å². The Morgan fingerprint density at radius 1 is 1.20 bits per heavy atom. The maximum absolute atomic E-state index is 12.0. The summed E-state index contributed by atoms with van der Waals surface area (Å²) in [6.45, 7) is 9.73. The molecule has 5 radical (unpaired) electrons. The molecule has 1 fully saturated rings. The largest absolute Gasteiger partial charge is 0.444 e. The monoisotopic (exact) mass is 351 g/mol. The van der Waals surface area contributed by atoms with Gasteiger partial charge in [-0.3, -0.25) is 4.79 Å². The maximum Gasteiger partial charge on any atom is 0.407 e. The third kappa shape index (κ3) is 9.68. The van der Waals surface area contributed by atoms with Crippen LogP contribution in [0.2, 0.25) is 0 Å². The number of rotatable bonds is 8. The molecule has 0 aromatic rings. The Morgan fingerprint density at radius 2 is 1.80 bits per heavy atom. The normalized spacial score (nSPS) is 18.0. The van der Waals surface area contributed by atoms with Crippen LogP contribution in [0.15, 0.2) is 0 Å². The van der Waals surface area contributed by atoms with Crippen LogP contribution in [0.1, 0.15) is 47.5 Å². The number of carbonyl (C=O) groups is 2. The minimum Gasteiger partial charge on any atom is -0.444 e. The highest BCUT2D eigenvalue weighted by molar-refractivity contribution is 5.77. The van der Waals surface area contributed by atoms with Gasteiger partial charge < -0.3 is 20.5 Å². The number of hydrogen-bond donors (Lipinski definition) is 3. The number of ether oxygens (including phenoxy) is 1. The maximum atomic E-state index is 12.0. The lowest BCUT2D eigenvalue weighted by molar-refractivity contribution is -0.123. The average molecular weight is 351 g/mol. The molecule has 25 heavy (non-hydrogen) atoms. The smallest absolute Gasteiger partial charge is 0.407 e. The fourth-order valence-electron chi connectivity index (χ4n) is 2.42. The van der Waals surface area contributed by atoms with Gasteiger partial charge in [0.2, 0.25) is 5.91 Å². The van der Waals surface area contributed by atoms with Crippen LogP contribution < -0.4 is 10.6 Å². The van der Waals surface area contributed by atoms with E-state index >= 15 is 0 Å². The van der Waals surface area contributed by atoms with E-state index in [0.717, 1.165) is 5.92 Å². The number of nitrogens with one attached hydrogen (secondary N) is 2. The zero-order valence-electron chi connectivity index (χ0n) is 15.8. The minimum absolute atomic E-state index is 0.0755. The van der Waals surface area contributed by atoms with Gasteiger partial charge in [-0.1, -0.05) is 13.8 Å². The lowest BCUT2D eigenvalue weighted by atomic mass is 9.97. The third-order valence-corrected chi connectivity index (χ3v) is 3.51. The van der Waals surface area contributed by atoms with Gasteiger partial charge in [0.15, 0.2) is 0 Å². The molecule has 1 rings (SSSR count). The topological polar surface area (TPSA) is 87.7 Å². The number of aliphatic hydroxyl groups is 1. The predicted molar refractivity (Wildman–Crippen MR) is 96.7 cm³/mol. The highest BCUT2D eigenvalue weighted by atomic mass is 16.6. The molecule has 2 amide bonds. The minimum atomic E-state index is -0.977. The summed E-state index contributed by atoms with van der Waals surface area (Å²) in [5.41, 5.74) is -0.617. The average Bonchev–Trinajstić information content (AvgIpc) is 2.95. The van der Waals surface area contributed by atoms with Crippen LogP contribution in [-0.2, 0) is 9.53 Å². The molecular formula is C19H31N2O4. The van der Waals surface area contributed by atoms with E-state index in [1.807, 2.05) is 39.5 Å². The molecule has 1 saturated carbocycles. The quantitative estimate of drug-likeness (QED) is 0.625. The second-order valence-electron chi connectivity index (χ2n) is 7.72. The van der Waals surface area contributed by atoms with Crippen molar-refractivity contribution < 1.29 is 19.4 Å². The van der Waals surface area contributed by atoms with Gasteiger partial charge in [0.25, 0.3) is 0 Å². The van der Waals surface area contributed by atoms with Gasteiger partial charge in [0.05, 0.1) is 18.6 Å². The van der Waals surface area contributed by atoms with Crippen molar-refractivity contribution in [1.82, 2.24) is 10.6 Å². The van der Waals surface area contributed by atoms with E-state index in [-0.39, 0.29) is 18.2 Å². The Kier molecular flexibility index (Phi) is 8.69. The van der Waals surface area contributed by atoms with Crippen LogP contribution in [0.4, 0.5) is 4.79 Å². The molecule has 141 valence electrons. The molecule has 0 unspecified atom stereocenters. The van der Waals surface area contributed by atoms with Crippen LogP contribution >= 0.6 is 0 Å². The molecule has 0 heterocycles. The molecule has 0 aliphatic heterocycles.